The van der Waals surface area contributed by atoms with Crippen molar-refractivity contribution in [3.63, 3.8) is 0 Å². The molecule has 1 fully saturated rings. The Hall–Kier alpha value is -3.17. The Kier molecular flexibility index (Phi) is 10.6. The van der Waals surface area contributed by atoms with Gasteiger partial charge in [-0.15, -0.1) is 0 Å². The molecule has 2 amide bonds. The quantitative estimate of drug-likeness (QED) is 0.270. The Morgan fingerprint density at radius 1 is 0.927 bits per heavy atom. The van der Waals surface area contributed by atoms with Gasteiger partial charge in [-0.2, -0.15) is 0 Å². The summed E-state index contributed by atoms with van der Waals surface area (Å²) in [5.74, 6) is -0.639. The van der Waals surface area contributed by atoms with Crippen LogP contribution >= 0.6 is 15.9 Å². The van der Waals surface area contributed by atoms with Gasteiger partial charge < -0.3 is 10.2 Å². The molecule has 1 saturated carbocycles. The lowest BCUT2D eigenvalue weighted by Gasteiger charge is -2.34. The Morgan fingerprint density at radius 2 is 1.56 bits per heavy atom. The van der Waals surface area contributed by atoms with E-state index in [0.717, 1.165) is 45.6 Å². The summed E-state index contributed by atoms with van der Waals surface area (Å²) in [6.45, 7) is 3.62. The monoisotopic (exact) mass is 639 g/mol. The number of aryl methyl sites for hydroxylation is 1. The smallest absolute Gasteiger partial charge is 0.264 e. The van der Waals surface area contributed by atoms with E-state index in [-0.39, 0.29) is 23.4 Å². The van der Waals surface area contributed by atoms with E-state index in [2.05, 4.69) is 21.2 Å². The molecule has 1 atom stereocenters. The molecule has 1 aliphatic carbocycles. The second kappa shape index (κ2) is 14.1. The number of rotatable bonds is 11. The van der Waals surface area contributed by atoms with E-state index < -0.39 is 28.5 Å². The van der Waals surface area contributed by atoms with Crippen molar-refractivity contribution in [1.29, 1.82) is 0 Å². The van der Waals surface area contributed by atoms with Crippen molar-refractivity contribution in [2.45, 2.75) is 75.9 Å². The topological polar surface area (TPSA) is 86.8 Å². The van der Waals surface area contributed by atoms with Crippen molar-refractivity contribution < 1.29 is 18.0 Å². The van der Waals surface area contributed by atoms with Gasteiger partial charge in [0, 0.05) is 17.1 Å². The lowest BCUT2D eigenvalue weighted by atomic mass is 9.95. The number of anilines is 1. The zero-order chi connectivity index (χ0) is 29.4. The van der Waals surface area contributed by atoms with E-state index in [9.17, 15) is 18.0 Å². The molecular weight excluding hydrogens is 602 g/mol. The molecule has 0 unspecified atom stereocenters. The number of halogens is 1. The van der Waals surface area contributed by atoms with Gasteiger partial charge in [-0.1, -0.05) is 90.1 Å². The van der Waals surface area contributed by atoms with Crippen LogP contribution in [0.2, 0.25) is 0 Å². The van der Waals surface area contributed by atoms with E-state index in [0.29, 0.717) is 12.1 Å². The number of amides is 2. The third-order valence-electron chi connectivity index (χ3n) is 7.54. The average Bonchev–Trinajstić information content (AvgIpc) is 2.98. The fraction of sp³-hybridized carbons (Fsp3) is 0.375. The number of benzene rings is 3. The van der Waals surface area contributed by atoms with Crippen LogP contribution < -0.4 is 9.62 Å². The molecule has 4 rings (SSSR count). The van der Waals surface area contributed by atoms with Crippen LogP contribution in [0.25, 0.3) is 0 Å². The zero-order valence-electron chi connectivity index (χ0n) is 23.6. The van der Waals surface area contributed by atoms with Crippen LogP contribution in [0.1, 0.15) is 56.6 Å². The molecule has 0 radical (unpaired) electrons. The van der Waals surface area contributed by atoms with E-state index in [1.165, 1.54) is 23.5 Å². The molecule has 0 bridgehead atoms. The fourth-order valence-electron chi connectivity index (χ4n) is 5.21. The van der Waals surface area contributed by atoms with E-state index in [4.69, 9.17) is 0 Å². The highest BCUT2D eigenvalue weighted by molar-refractivity contribution is 9.10. The van der Waals surface area contributed by atoms with E-state index in [1.807, 2.05) is 38.1 Å². The maximum atomic E-state index is 14.2. The first-order valence-electron chi connectivity index (χ1n) is 14.2. The molecule has 41 heavy (non-hydrogen) atoms. The number of carbonyl (C=O) groups excluding carboxylic acids is 2. The van der Waals surface area contributed by atoms with Crippen LogP contribution in [-0.4, -0.2) is 43.8 Å². The number of hydrogen-bond donors (Lipinski definition) is 1. The zero-order valence-corrected chi connectivity index (χ0v) is 26.0. The highest BCUT2D eigenvalue weighted by Crippen LogP contribution is 2.26. The maximum absolute atomic E-state index is 14.2. The molecule has 1 N–H and O–H groups in total. The maximum Gasteiger partial charge on any atom is 0.264 e. The molecule has 0 spiro atoms. The van der Waals surface area contributed by atoms with Gasteiger partial charge in [0.05, 0.1) is 10.6 Å². The number of nitrogens with zero attached hydrogens (tertiary/aromatic N) is 2. The van der Waals surface area contributed by atoms with Gasteiger partial charge in [0.1, 0.15) is 12.6 Å². The minimum atomic E-state index is -4.08. The summed E-state index contributed by atoms with van der Waals surface area (Å²) in [7, 11) is -4.08. The number of carbonyl (C=O) groups is 2. The van der Waals surface area contributed by atoms with Crippen LogP contribution in [0.3, 0.4) is 0 Å². The Balaban J connectivity index is 1.68. The first-order valence-corrected chi connectivity index (χ1v) is 16.4. The minimum absolute atomic E-state index is 0.0860. The number of sulfonamides is 1. The van der Waals surface area contributed by atoms with Gasteiger partial charge in [-0.05, 0) is 68.1 Å². The molecule has 7 nitrogen and oxygen atoms in total. The van der Waals surface area contributed by atoms with Gasteiger partial charge in [-0.3, -0.25) is 13.9 Å². The van der Waals surface area contributed by atoms with Crippen molar-refractivity contribution >= 4 is 43.5 Å². The third kappa shape index (κ3) is 7.98. The Morgan fingerprint density at radius 3 is 2.17 bits per heavy atom. The van der Waals surface area contributed by atoms with Crippen molar-refractivity contribution in [2.75, 3.05) is 10.8 Å². The summed E-state index contributed by atoms with van der Waals surface area (Å²) in [4.78, 5) is 29.4. The summed E-state index contributed by atoms with van der Waals surface area (Å²) < 4.78 is 29.7. The van der Waals surface area contributed by atoms with E-state index >= 15 is 0 Å². The van der Waals surface area contributed by atoms with Crippen molar-refractivity contribution in [2.24, 2.45) is 0 Å². The van der Waals surface area contributed by atoms with E-state index in [1.54, 1.807) is 42.5 Å². The van der Waals surface area contributed by atoms with Crippen LogP contribution in [0.5, 0.6) is 0 Å². The number of hydrogen-bond acceptors (Lipinski definition) is 4. The van der Waals surface area contributed by atoms with Crippen LogP contribution in [0.4, 0.5) is 5.69 Å². The summed E-state index contributed by atoms with van der Waals surface area (Å²) >= 11 is 3.40. The first kappa shape index (κ1) is 30.8. The van der Waals surface area contributed by atoms with Crippen molar-refractivity contribution in [3.8, 4) is 0 Å². The molecule has 0 saturated heterocycles. The standard InChI is InChI=1S/C32H38BrN3O4S/c1-3-30(32(38)34-27-10-6-4-7-11-27)35(22-25-16-14-24(2)15-17-25)31(37)23-36(28-20-18-26(33)19-21-28)41(39,40)29-12-8-5-9-13-29/h5,8-9,12-21,27,30H,3-4,6-7,10-11,22-23H2,1-2H3,(H,34,38)/t30-/m0/s1. The summed E-state index contributed by atoms with van der Waals surface area (Å²) in [6, 6.07) is 22.1. The lowest BCUT2D eigenvalue weighted by molar-refractivity contribution is -0.140. The number of nitrogens with one attached hydrogen (secondary N) is 1. The molecular formula is C32H38BrN3O4S. The fourth-order valence-corrected chi connectivity index (χ4v) is 6.91. The van der Waals surface area contributed by atoms with Gasteiger partial charge in [0.2, 0.25) is 11.8 Å². The largest absolute Gasteiger partial charge is 0.352 e. The van der Waals surface area contributed by atoms with Crippen molar-refractivity contribution in [1.82, 2.24) is 10.2 Å². The van der Waals surface area contributed by atoms with Gasteiger partial charge >= 0.3 is 0 Å². The predicted molar refractivity (Wildman–Crippen MR) is 166 cm³/mol. The van der Waals surface area contributed by atoms with Gasteiger partial charge in [0.25, 0.3) is 10.0 Å². The highest BCUT2D eigenvalue weighted by atomic mass is 79.9. The predicted octanol–water partition coefficient (Wildman–Crippen LogP) is 6.21. The van der Waals surface area contributed by atoms with Crippen LogP contribution in [0, 0.1) is 6.92 Å². The molecule has 1 aliphatic rings. The lowest BCUT2D eigenvalue weighted by Crippen LogP contribution is -2.54. The molecule has 0 aliphatic heterocycles. The second-order valence-electron chi connectivity index (χ2n) is 10.6. The molecule has 9 heteroatoms. The summed E-state index contributed by atoms with van der Waals surface area (Å²) in [6.07, 6.45) is 5.59. The van der Waals surface area contributed by atoms with Crippen LogP contribution in [-0.2, 0) is 26.2 Å². The third-order valence-corrected chi connectivity index (χ3v) is 9.85. The summed E-state index contributed by atoms with van der Waals surface area (Å²) in [5, 5.41) is 3.18. The van der Waals surface area contributed by atoms with Crippen molar-refractivity contribution in [3.05, 3.63) is 94.5 Å². The first-order chi connectivity index (χ1) is 19.7. The second-order valence-corrected chi connectivity index (χ2v) is 13.4. The highest BCUT2D eigenvalue weighted by Gasteiger charge is 2.34. The SMILES string of the molecule is CC[C@@H](C(=O)NC1CCCCC1)N(Cc1ccc(C)cc1)C(=O)CN(c1ccc(Br)cc1)S(=O)(=O)c1ccccc1. The van der Waals surface area contributed by atoms with Gasteiger partial charge in [-0.25, -0.2) is 8.42 Å². The molecule has 218 valence electrons. The normalized spacial score (nSPS) is 14.7. The Labute approximate surface area is 252 Å². The molecule has 3 aromatic rings. The summed E-state index contributed by atoms with van der Waals surface area (Å²) in [5.41, 5.74) is 2.32. The average molecular weight is 641 g/mol. The molecule has 3 aromatic carbocycles. The van der Waals surface area contributed by atoms with Crippen LogP contribution in [0.15, 0.2) is 88.2 Å². The van der Waals surface area contributed by atoms with Gasteiger partial charge in [0.15, 0.2) is 0 Å². The molecule has 0 aromatic heterocycles. The molecule has 0 heterocycles. The minimum Gasteiger partial charge on any atom is -0.352 e. The Bertz CT molecular complexity index is 1410.